The molecule has 0 aliphatic carbocycles. The van der Waals surface area contributed by atoms with E-state index in [1.165, 1.54) is 0 Å². The lowest BCUT2D eigenvalue weighted by atomic mass is 10.0. The molecule has 7 atom stereocenters. The van der Waals surface area contributed by atoms with Crippen molar-refractivity contribution in [2.24, 2.45) is 0 Å². The molecule has 1 rings (SSSR count). The molecule has 0 amide bonds. The quantitative estimate of drug-likeness (QED) is 0.590. The van der Waals surface area contributed by atoms with Crippen LogP contribution in [0, 0.1) is 0 Å². The van der Waals surface area contributed by atoms with E-state index >= 15 is 0 Å². The van der Waals surface area contributed by atoms with Gasteiger partial charge in [0.2, 0.25) is 0 Å². The Bertz CT molecular complexity index is 192. The molecule has 0 aromatic heterocycles. The summed E-state index contributed by atoms with van der Waals surface area (Å²) in [6.45, 7) is 1.88. The van der Waals surface area contributed by atoms with Gasteiger partial charge in [0.05, 0.1) is 11.8 Å². The molecule has 82 valence electrons. The van der Waals surface area contributed by atoms with Crippen LogP contribution < -0.4 is 0 Å². The summed E-state index contributed by atoms with van der Waals surface area (Å²) in [5, 5.41) is -0.266. The largest absolute Gasteiger partial charge is 0.359 e. The van der Waals surface area contributed by atoms with Gasteiger partial charge < -0.3 is 13.8 Å². The maximum Gasteiger partial charge on any atom is 0.164 e. The molecule has 1 fully saturated rings. The standard InChI is InChI=1S/C6H12BrO4P3/c1-2-3(10-12)5(14-8)4(11-13)6(7)9-2/h2-6H,12-13H2,1H3. The van der Waals surface area contributed by atoms with Crippen LogP contribution in [-0.4, -0.2) is 29.0 Å². The van der Waals surface area contributed by atoms with Gasteiger partial charge in [-0.25, -0.2) is 0 Å². The Morgan fingerprint density at radius 2 is 1.93 bits per heavy atom. The minimum Gasteiger partial charge on any atom is -0.359 e. The number of hydrogen-bond acceptors (Lipinski definition) is 4. The fourth-order valence-electron chi connectivity index (χ4n) is 1.43. The molecule has 8 heteroatoms. The highest BCUT2D eigenvalue weighted by atomic mass is 79.9. The zero-order chi connectivity index (χ0) is 10.7. The summed E-state index contributed by atoms with van der Waals surface area (Å²) in [7, 11) is 4.33. The summed E-state index contributed by atoms with van der Waals surface area (Å²) >= 11 is 3.33. The average Bonchev–Trinajstić information content (AvgIpc) is 2.16. The zero-order valence-electron chi connectivity index (χ0n) is 7.50. The zero-order valence-corrected chi connectivity index (χ0v) is 12.3. The summed E-state index contributed by atoms with van der Waals surface area (Å²) in [6.07, 6.45) is -0.681. The third kappa shape index (κ3) is 2.71. The first-order chi connectivity index (χ1) is 6.65. The molecule has 1 heterocycles. The van der Waals surface area contributed by atoms with E-state index in [1.807, 2.05) is 6.92 Å². The van der Waals surface area contributed by atoms with Gasteiger partial charge in [-0.2, -0.15) is 0 Å². The predicted molar refractivity (Wildman–Crippen MR) is 63.8 cm³/mol. The molecule has 0 radical (unpaired) electrons. The number of hydrogen-bond donors (Lipinski definition) is 0. The summed E-state index contributed by atoms with van der Waals surface area (Å²) in [4.78, 5) is 0. The molecule has 1 saturated heterocycles. The van der Waals surface area contributed by atoms with Crippen molar-refractivity contribution in [2.75, 3.05) is 0 Å². The topological polar surface area (TPSA) is 44.8 Å². The van der Waals surface area contributed by atoms with E-state index in [9.17, 15) is 4.57 Å². The van der Waals surface area contributed by atoms with Crippen molar-refractivity contribution in [2.45, 2.75) is 35.9 Å². The summed E-state index contributed by atoms with van der Waals surface area (Å²) in [6, 6.07) is 0. The van der Waals surface area contributed by atoms with Gasteiger partial charge in [0.1, 0.15) is 17.2 Å². The highest BCUT2D eigenvalue weighted by Gasteiger charge is 2.44. The third-order valence-corrected chi connectivity index (χ3v) is 4.37. The smallest absolute Gasteiger partial charge is 0.164 e. The normalized spacial score (nSPS) is 44.1. The fourth-order valence-corrected chi connectivity index (χ4v) is 4.44. The number of alkyl halides is 1. The SMILES string of the molecule is CC1OC(Br)C(OP)C(P=O)C1OP. The number of halogens is 1. The molecule has 0 bridgehead atoms. The van der Waals surface area contributed by atoms with Crippen LogP contribution >= 0.6 is 43.3 Å². The first-order valence-corrected chi connectivity index (χ1v) is 6.72. The maximum absolute atomic E-state index is 11.0. The molecular formula is C6H12BrO4P3. The van der Waals surface area contributed by atoms with Crippen LogP contribution in [0.4, 0.5) is 0 Å². The van der Waals surface area contributed by atoms with Crippen LogP contribution in [0.1, 0.15) is 6.92 Å². The second kappa shape index (κ2) is 6.15. The molecule has 14 heavy (non-hydrogen) atoms. The molecule has 1 aliphatic heterocycles. The van der Waals surface area contributed by atoms with Gasteiger partial charge in [-0.15, -0.1) is 0 Å². The lowest BCUT2D eigenvalue weighted by molar-refractivity contribution is -0.0997. The lowest BCUT2D eigenvalue weighted by Gasteiger charge is -2.39. The van der Waals surface area contributed by atoms with Crippen LogP contribution in [0.15, 0.2) is 0 Å². The van der Waals surface area contributed by atoms with E-state index in [-0.39, 0.29) is 37.4 Å². The van der Waals surface area contributed by atoms with Gasteiger partial charge in [-0.1, -0.05) is 15.9 Å². The Morgan fingerprint density at radius 1 is 1.36 bits per heavy atom. The Labute approximate surface area is 97.7 Å². The minimum absolute atomic E-state index is 0.000772. The molecule has 1 aliphatic rings. The summed E-state index contributed by atoms with van der Waals surface area (Å²) < 4.78 is 26.9. The highest BCUT2D eigenvalue weighted by Crippen LogP contribution is 2.36. The number of rotatable bonds is 3. The van der Waals surface area contributed by atoms with Gasteiger partial charge >= 0.3 is 0 Å². The van der Waals surface area contributed by atoms with Crippen LogP contribution in [0.25, 0.3) is 0 Å². The summed E-state index contributed by atoms with van der Waals surface area (Å²) in [5.74, 6) is 0. The Kier molecular flexibility index (Phi) is 5.88. The molecular weight excluding hydrogens is 309 g/mol. The van der Waals surface area contributed by atoms with Crippen molar-refractivity contribution in [3.8, 4) is 0 Å². The van der Waals surface area contributed by atoms with E-state index in [1.54, 1.807) is 0 Å². The first-order valence-electron chi connectivity index (χ1n) is 3.98. The van der Waals surface area contributed by atoms with E-state index < -0.39 is 0 Å². The van der Waals surface area contributed by atoms with Gasteiger partial charge in [0, 0.05) is 18.9 Å². The number of ether oxygens (including phenoxy) is 1. The highest BCUT2D eigenvalue weighted by molar-refractivity contribution is 9.09. The van der Waals surface area contributed by atoms with E-state index in [0.717, 1.165) is 0 Å². The van der Waals surface area contributed by atoms with Crippen molar-refractivity contribution >= 4 is 43.3 Å². The minimum atomic E-state index is -0.305. The third-order valence-electron chi connectivity index (χ3n) is 2.17. The van der Waals surface area contributed by atoms with Gasteiger partial charge in [-0.05, 0) is 6.92 Å². The van der Waals surface area contributed by atoms with E-state index in [0.29, 0.717) is 0 Å². The molecule has 0 aromatic rings. The van der Waals surface area contributed by atoms with Crippen LogP contribution in [0.2, 0.25) is 0 Å². The van der Waals surface area contributed by atoms with Gasteiger partial charge in [-0.3, -0.25) is 4.57 Å². The van der Waals surface area contributed by atoms with E-state index in [2.05, 4.69) is 34.9 Å². The lowest BCUT2D eigenvalue weighted by Crippen LogP contribution is -2.52. The molecule has 0 N–H and O–H groups in total. The van der Waals surface area contributed by atoms with Crippen molar-refractivity contribution in [3.05, 3.63) is 0 Å². The van der Waals surface area contributed by atoms with Crippen molar-refractivity contribution in [1.82, 2.24) is 0 Å². The van der Waals surface area contributed by atoms with Crippen molar-refractivity contribution in [3.63, 3.8) is 0 Å². The second-order valence-electron chi connectivity index (χ2n) is 2.99. The Hall–Kier alpha value is 1.32. The van der Waals surface area contributed by atoms with Gasteiger partial charge in [0.15, 0.2) is 8.46 Å². The maximum atomic E-state index is 11.0. The predicted octanol–water partition coefficient (Wildman–Crippen LogP) is 2.14. The van der Waals surface area contributed by atoms with Crippen LogP contribution in [0.3, 0.4) is 0 Å². The molecule has 0 saturated carbocycles. The first kappa shape index (κ1) is 13.4. The molecule has 7 unspecified atom stereocenters. The van der Waals surface area contributed by atoms with Gasteiger partial charge in [0.25, 0.3) is 0 Å². The average molecular weight is 321 g/mol. The molecule has 0 spiro atoms. The molecule has 0 aromatic carbocycles. The molecule has 4 nitrogen and oxygen atoms in total. The second-order valence-corrected chi connectivity index (χ2v) is 5.24. The van der Waals surface area contributed by atoms with Crippen molar-refractivity contribution in [1.29, 1.82) is 0 Å². The fraction of sp³-hybridized carbons (Fsp3) is 1.00. The Morgan fingerprint density at radius 3 is 2.36 bits per heavy atom. The van der Waals surface area contributed by atoms with Crippen molar-refractivity contribution < 1.29 is 18.3 Å². The summed E-state index contributed by atoms with van der Waals surface area (Å²) in [5.41, 5.74) is -0.238. The van der Waals surface area contributed by atoms with E-state index in [4.69, 9.17) is 13.8 Å². The monoisotopic (exact) mass is 320 g/mol. The Balaban J connectivity index is 2.81. The van der Waals surface area contributed by atoms with Crippen LogP contribution in [-0.2, 0) is 18.3 Å². The van der Waals surface area contributed by atoms with Crippen LogP contribution in [0.5, 0.6) is 0 Å².